The van der Waals surface area contributed by atoms with Gasteiger partial charge < -0.3 is 15.5 Å². The van der Waals surface area contributed by atoms with E-state index in [0.717, 1.165) is 36.2 Å². The molecule has 4 rings (SSSR count). The number of likely N-dealkylation sites (tertiary alicyclic amines) is 1. The lowest BCUT2D eigenvalue weighted by Crippen LogP contribution is -2.53. The van der Waals surface area contributed by atoms with Crippen LogP contribution >= 0.6 is 0 Å². The standard InChI is InChI=1S/C24H28N4O3/c1-17(29)26-20-9-6-7-18(13-20)21-15-28(23(31)14-19-8-3-5-12-25-19)16-24(21)11-4-2-10-22(30)27-24/h3,5-9,12-13,21H,2,4,10-11,14-16H2,1H3,(H,26,29)(H,27,30)/t21-,24+/m0/s1. The fourth-order valence-corrected chi connectivity index (χ4v) is 4.84. The normalized spacial score (nSPS) is 23.3. The zero-order chi connectivity index (χ0) is 21.8. The summed E-state index contributed by atoms with van der Waals surface area (Å²) < 4.78 is 0. The van der Waals surface area contributed by atoms with E-state index >= 15 is 0 Å². The predicted octanol–water partition coefficient (Wildman–Crippen LogP) is 2.64. The van der Waals surface area contributed by atoms with Crippen molar-refractivity contribution in [1.82, 2.24) is 15.2 Å². The number of carbonyl (C=O) groups excluding carboxylic acids is 3. The summed E-state index contributed by atoms with van der Waals surface area (Å²) >= 11 is 0. The third-order valence-electron chi connectivity index (χ3n) is 6.23. The Morgan fingerprint density at radius 3 is 2.87 bits per heavy atom. The first-order valence-corrected chi connectivity index (χ1v) is 10.8. The van der Waals surface area contributed by atoms with Crippen LogP contribution in [0, 0.1) is 0 Å². The fourth-order valence-electron chi connectivity index (χ4n) is 4.84. The van der Waals surface area contributed by atoms with E-state index in [1.54, 1.807) is 6.20 Å². The van der Waals surface area contributed by atoms with Crippen molar-refractivity contribution < 1.29 is 14.4 Å². The molecular formula is C24H28N4O3. The Morgan fingerprint density at radius 1 is 1.23 bits per heavy atom. The van der Waals surface area contributed by atoms with Crippen LogP contribution in [-0.4, -0.2) is 46.2 Å². The van der Waals surface area contributed by atoms with Gasteiger partial charge in [0.25, 0.3) is 0 Å². The van der Waals surface area contributed by atoms with Gasteiger partial charge in [-0.05, 0) is 42.7 Å². The van der Waals surface area contributed by atoms with Crippen molar-refractivity contribution in [1.29, 1.82) is 0 Å². The van der Waals surface area contributed by atoms with Gasteiger partial charge in [-0.2, -0.15) is 0 Å². The second-order valence-corrected chi connectivity index (χ2v) is 8.54. The largest absolute Gasteiger partial charge is 0.348 e. The molecule has 2 aliphatic rings. The minimum Gasteiger partial charge on any atom is -0.348 e. The Labute approximate surface area is 182 Å². The number of nitrogens with one attached hydrogen (secondary N) is 2. The van der Waals surface area contributed by atoms with Crippen LogP contribution in [0.4, 0.5) is 5.69 Å². The number of hydrogen-bond acceptors (Lipinski definition) is 4. The average molecular weight is 421 g/mol. The smallest absolute Gasteiger partial charge is 0.228 e. The molecule has 2 atom stereocenters. The first-order chi connectivity index (χ1) is 14.9. The lowest BCUT2D eigenvalue weighted by Gasteiger charge is -2.35. The first kappa shape index (κ1) is 21.0. The van der Waals surface area contributed by atoms with Crippen LogP contribution in [-0.2, 0) is 20.8 Å². The lowest BCUT2D eigenvalue weighted by atomic mass is 9.79. The maximum Gasteiger partial charge on any atom is 0.228 e. The van der Waals surface area contributed by atoms with Gasteiger partial charge >= 0.3 is 0 Å². The molecule has 0 radical (unpaired) electrons. The number of hydrogen-bond donors (Lipinski definition) is 2. The number of anilines is 1. The van der Waals surface area contributed by atoms with Crippen LogP contribution in [0.1, 0.15) is 49.8 Å². The highest BCUT2D eigenvalue weighted by Gasteiger charge is 2.49. The molecule has 7 nitrogen and oxygen atoms in total. The van der Waals surface area contributed by atoms with Crippen LogP contribution in [0.15, 0.2) is 48.7 Å². The maximum absolute atomic E-state index is 13.1. The minimum absolute atomic E-state index is 0.0112. The number of rotatable bonds is 4. The molecule has 2 fully saturated rings. The number of carbonyl (C=O) groups is 3. The van der Waals surface area contributed by atoms with Crippen molar-refractivity contribution in [2.45, 2.75) is 50.5 Å². The topological polar surface area (TPSA) is 91.4 Å². The summed E-state index contributed by atoms with van der Waals surface area (Å²) in [7, 11) is 0. The SMILES string of the molecule is CC(=O)Nc1cccc([C@@H]2CN(C(=O)Cc3ccccn3)C[C@]23CCCCC(=O)N3)c1. The van der Waals surface area contributed by atoms with Crippen molar-refractivity contribution in [3.63, 3.8) is 0 Å². The Morgan fingerprint density at radius 2 is 2.10 bits per heavy atom. The molecule has 7 heteroatoms. The monoisotopic (exact) mass is 420 g/mol. The molecule has 2 N–H and O–H groups in total. The van der Waals surface area contributed by atoms with Crippen molar-refractivity contribution >= 4 is 23.4 Å². The summed E-state index contributed by atoms with van der Waals surface area (Å²) in [6, 6.07) is 13.3. The van der Waals surface area contributed by atoms with Gasteiger partial charge in [-0.1, -0.05) is 24.6 Å². The first-order valence-electron chi connectivity index (χ1n) is 10.8. The average Bonchev–Trinajstić information content (AvgIpc) is 3.00. The van der Waals surface area contributed by atoms with Gasteiger partial charge in [0.1, 0.15) is 0 Å². The van der Waals surface area contributed by atoms with Crippen molar-refractivity contribution in [3.05, 3.63) is 59.9 Å². The molecule has 31 heavy (non-hydrogen) atoms. The van der Waals surface area contributed by atoms with E-state index in [1.807, 2.05) is 47.4 Å². The van der Waals surface area contributed by atoms with Crippen molar-refractivity contribution in [2.24, 2.45) is 0 Å². The number of nitrogens with zero attached hydrogens (tertiary/aromatic N) is 2. The molecule has 1 aromatic carbocycles. The summed E-state index contributed by atoms with van der Waals surface area (Å²) in [5.41, 5.74) is 1.98. The van der Waals surface area contributed by atoms with Crippen molar-refractivity contribution in [2.75, 3.05) is 18.4 Å². The van der Waals surface area contributed by atoms with E-state index < -0.39 is 5.54 Å². The van der Waals surface area contributed by atoms with Crippen LogP contribution in [0.5, 0.6) is 0 Å². The van der Waals surface area contributed by atoms with Gasteiger partial charge in [0.05, 0.1) is 12.0 Å². The van der Waals surface area contributed by atoms with Gasteiger partial charge in [0.2, 0.25) is 17.7 Å². The van der Waals surface area contributed by atoms with Gasteiger partial charge in [-0.3, -0.25) is 19.4 Å². The minimum atomic E-state index is -0.498. The molecule has 2 aromatic rings. The van der Waals surface area contributed by atoms with Gasteiger partial charge in [0, 0.05) is 49.9 Å². The lowest BCUT2D eigenvalue weighted by molar-refractivity contribution is -0.130. The highest BCUT2D eigenvalue weighted by Crippen LogP contribution is 2.41. The summed E-state index contributed by atoms with van der Waals surface area (Å²) in [6.07, 6.45) is 5.06. The molecule has 3 amide bonds. The molecule has 162 valence electrons. The van der Waals surface area contributed by atoms with E-state index in [4.69, 9.17) is 0 Å². The fraction of sp³-hybridized carbons (Fsp3) is 0.417. The number of aromatic nitrogens is 1. The second kappa shape index (κ2) is 8.88. The van der Waals surface area contributed by atoms with Crippen molar-refractivity contribution in [3.8, 4) is 0 Å². The van der Waals surface area contributed by atoms with E-state index in [2.05, 4.69) is 15.6 Å². The molecule has 2 aliphatic heterocycles. The summed E-state index contributed by atoms with van der Waals surface area (Å²) in [6.45, 7) is 2.49. The highest BCUT2D eigenvalue weighted by molar-refractivity contribution is 5.88. The Kier molecular flexibility index (Phi) is 6.02. The van der Waals surface area contributed by atoms with Gasteiger partial charge in [-0.15, -0.1) is 0 Å². The third-order valence-corrected chi connectivity index (χ3v) is 6.23. The summed E-state index contributed by atoms with van der Waals surface area (Å²) in [5, 5.41) is 6.11. The van der Waals surface area contributed by atoms with Gasteiger partial charge in [-0.25, -0.2) is 0 Å². The summed E-state index contributed by atoms with van der Waals surface area (Å²) in [5.74, 6) is -0.124. The molecule has 0 unspecified atom stereocenters. The summed E-state index contributed by atoms with van der Waals surface area (Å²) in [4.78, 5) is 43.3. The van der Waals surface area contributed by atoms with E-state index in [9.17, 15) is 14.4 Å². The second-order valence-electron chi connectivity index (χ2n) is 8.54. The van der Waals surface area contributed by atoms with E-state index in [0.29, 0.717) is 19.5 Å². The van der Waals surface area contributed by atoms with Crippen LogP contribution in [0.3, 0.4) is 0 Å². The number of pyridine rings is 1. The molecule has 3 heterocycles. The van der Waals surface area contributed by atoms with E-state index in [1.165, 1.54) is 6.92 Å². The Hall–Kier alpha value is -3.22. The van der Waals surface area contributed by atoms with E-state index in [-0.39, 0.29) is 30.1 Å². The molecule has 1 spiro atoms. The third kappa shape index (κ3) is 4.76. The molecular weight excluding hydrogens is 392 g/mol. The molecule has 0 bridgehead atoms. The number of amides is 3. The zero-order valence-corrected chi connectivity index (χ0v) is 17.8. The molecule has 2 saturated heterocycles. The zero-order valence-electron chi connectivity index (χ0n) is 17.8. The van der Waals surface area contributed by atoms with Crippen LogP contribution in [0.25, 0.3) is 0 Å². The molecule has 0 aliphatic carbocycles. The maximum atomic E-state index is 13.1. The Balaban J connectivity index is 1.63. The van der Waals surface area contributed by atoms with Gasteiger partial charge in [0.15, 0.2) is 0 Å². The molecule has 1 aromatic heterocycles. The molecule has 0 saturated carbocycles. The van der Waals surface area contributed by atoms with Crippen LogP contribution < -0.4 is 10.6 Å². The number of benzene rings is 1. The Bertz CT molecular complexity index is 978. The quantitative estimate of drug-likeness (QED) is 0.796. The van der Waals surface area contributed by atoms with Crippen LogP contribution in [0.2, 0.25) is 0 Å². The highest BCUT2D eigenvalue weighted by atomic mass is 16.2. The predicted molar refractivity (Wildman–Crippen MR) is 117 cm³/mol.